The molecule has 0 amide bonds. The summed E-state index contributed by atoms with van der Waals surface area (Å²) in [5.74, 6) is -0.195. The largest absolute Gasteiger partial charge is 0.480 e. The Balaban J connectivity index is 1.68. The molecular weight excluding hydrogens is 275 g/mol. The number of aromatic nitrogens is 1. The van der Waals surface area contributed by atoms with Crippen LogP contribution in [0.1, 0.15) is 25.2 Å². The molecule has 6 heteroatoms. The zero-order valence-electron chi connectivity index (χ0n) is 11.3. The molecule has 1 saturated carbocycles. The fourth-order valence-electron chi connectivity index (χ4n) is 2.38. The topological polar surface area (TPSA) is 75.4 Å². The van der Waals surface area contributed by atoms with Crippen molar-refractivity contribution in [3.05, 3.63) is 42.2 Å². The van der Waals surface area contributed by atoms with Crippen molar-refractivity contribution in [2.45, 2.75) is 31.3 Å². The van der Waals surface area contributed by atoms with Gasteiger partial charge in [0.25, 0.3) is 0 Å². The van der Waals surface area contributed by atoms with Crippen LogP contribution in [-0.2, 0) is 11.3 Å². The second-order valence-corrected chi connectivity index (χ2v) is 5.22. The quantitative estimate of drug-likeness (QED) is 0.885. The van der Waals surface area contributed by atoms with E-state index in [0.717, 1.165) is 12.0 Å². The fourth-order valence-corrected chi connectivity index (χ4v) is 2.38. The molecular formula is C15H15FN2O3. The van der Waals surface area contributed by atoms with E-state index >= 15 is 0 Å². The van der Waals surface area contributed by atoms with Gasteiger partial charge in [0.2, 0.25) is 5.89 Å². The Morgan fingerprint density at radius 3 is 2.67 bits per heavy atom. The molecule has 0 aliphatic heterocycles. The van der Waals surface area contributed by atoms with E-state index in [9.17, 15) is 14.3 Å². The molecule has 1 aliphatic rings. The lowest BCUT2D eigenvalue weighted by Crippen LogP contribution is -2.56. The average Bonchev–Trinajstić information content (AvgIpc) is 2.87. The Morgan fingerprint density at radius 1 is 1.38 bits per heavy atom. The van der Waals surface area contributed by atoms with Crippen LogP contribution in [0.2, 0.25) is 0 Å². The van der Waals surface area contributed by atoms with Crippen LogP contribution >= 0.6 is 0 Å². The molecule has 1 heterocycles. The molecule has 3 rings (SSSR count). The maximum atomic E-state index is 12.9. The van der Waals surface area contributed by atoms with Crippen LogP contribution in [-0.4, -0.2) is 21.6 Å². The lowest BCUT2D eigenvalue weighted by molar-refractivity contribution is -0.149. The number of halogens is 1. The van der Waals surface area contributed by atoms with Gasteiger partial charge in [-0.15, -0.1) is 0 Å². The molecule has 110 valence electrons. The summed E-state index contributed by atoms with van der Waals surface area (Å²) in [6.45, 7) is 0.257. The molecule has 1 aromatic heterocycles. The summed E-state index contributed by atoms with van der Waals surface area (Å²) in [5.41, 5.74) is -0.114. The molecule has 1 aromatic carbocycles. The highest BCUT2D eigenvalue weighted by Gasteiger charge is 2.44. The summed E-state index contributed by atoms with van der Waals surface area (Å²) in [6.07, 6.45) is 3.70. The highest BCUT2D eigenvalue weighted by molar-refractivity contribution is 5.79. The smallest absolute Gasteiger partial charge is 0.323 e. The van der Waals surface area contributed by atoms with Crippen molar-refractivity contribution in [2.75, 3.05) is 0 Å². The molecule has 1 aliphatic carbocycles. The summed E-state index contributed by atoms with van der Waals surface area (Å²) in [7, 11) is 0. The highest BCUT2D eigenvalue weighted by atomic mass is 19.1. The number of carboxylic acid groups (broad SMARTS) is 1. The third-order valence-corrected chi connectivity index (χ3v) is 3.88. The van der Waals surface area contributed by atoms with Gasteiger partial charge in [-0.25, -0.2) is 9.37 Å². The van der Waals surface area contributed by atoms with E-state index in [1.54, 1.807) is 18.3 Å². The molecule has 2 N–H and O–H groups in total. The number of benzene rings is 1. The van der Waals surface area contributed by atoms with Crippen molar-refractivity contribution < 1.29 is 18.7 Å². The van der Waals surface area contributed by atoms with Crippen molar-refractivity contribution in [3.8, 4) is 11.3 Å². The van der Waals surface area contributed by atoms with Crippen LogP contribution in [0.15, 0.2) is 34.9 Å². The monoisotopic (exact) mass is 290 g/mol. The number of nitrogens with one attached hydrogen (secondary N) is 1. The van der Waals surface area contributed by atoms with Crippen molar-refractivity contribution >= 4 is 5.97 Å². The number of hydrogen-bond donors (Lipinski definition) is 2. The summed E-state index contributed by atoms with van der Waals surface area (Å²) in [4.78, 5) is 15.4. The van der Waals surface area contributed by atoms with Crippen LogP contribution in [0.4, 0.5) is 4.39 Å². The molecule has 2 aromatic rings. The number of carboxylic acids is 1. The minimum atomic E-state index is -0.843. The van der Waals surface area contributed by atoms with Gasteiger partial charge < -0.3 is 9.52 Å². The lowest BCUT2D eigenvalue weighted by atomic mass is 9.77. The number of nitrogens with zero attached hydrogens (tertiary/aromatic N) is 1. The highest BCUT2D eigenvalue weighted by Crippen LogP contribution is 2.32. The molecule has 5 nitrogen and oxygen atoms in total. The minimum Gasteiger partial charge on any atom is -0.480 e. The van der Waals surface area contributed by atoms with Crippen LogP contribution in [0.25, 0.3) is 11.3 Å². The Hall–Kier alpha value is -2.21. The third-order valence-electron chi connectivity index (χ3n) is 3.88. The summed E-state index contributed by atoms with van der Waals surface area (Å²) in [6, 6.07) is 5.92. The standard InChI is InChI=1S/C15H15FN2O3/c16-11-4-2-10(3-5-11)12-8-17-13(21-12)9-18-15(14(19)20)6-1-7-15/h2-5,8,18H,1,6-7,9H2,(H,19,20). The molecule has 21 heavy (non-hydrogen) atoms. The van der Waals surface area contributed by atoms with Crippen molar-refractivity contribution in [3.63, 3.8) is 0 Å². The normalized spacial score (nSPS) is 16.4. The Labute approximate surface area is 120 Å². The maximum Gasteiger partial charge on any atom is 0.323 e. The zero-order chi connectivity index (χ0) is 14.9. The van der Waals surface area contributed by atoms with E-state index in [1.807, 2.05) is 0 Å². The van der Waals surface area contributed by atoms with Gasteiger partial charge >= 0.3 is 5.97 Å². The second kappa shape index (κ2) is 5.29. The first kappa shape index (κ1) is 13.8. The fraction of sp³-hybridized carbons (Fsp3) is 0.333. The first-order valence-corrected chi connectivity index (χ1v) is 6.78. The third kappa shape index (κ3) is 2.67. The van der Waals surface area contributed by atoms with E-state index in [4.69, 9.17) is 4.42 Å². The van der Waals surface area contributed by atoms with Gasteiger partial charge in [0.1, 0.15) is 11.4 Å². The first-order chi connectivity index (χ1) is 10.1. The molecule has 0 bridgehead atoms. The van der Waals surface area contributed by atoms with E-state index < -0.39 is 11.5 Å². The molecule has 0 spiro atoms. The van der Waals surface area contributed by atoms with E-state index in [2.05, 4.69) is 10.3 Å². The zero-order valence-corrected chi connectivity index (χ0v) is 11.3. The molecule has 0 unspecified atom stereocenters. The molecule has 0 saturated heterocycles. The lowest BCUT2D eigenvalue weighted by Gasteiger charge is -2.38. The van der Waals surface area contributed by atoms with Gasteiger partial charge in [0, 0.05) is 5.56 Å². The van der Waals surface area contributed by atoms with Crippen molar-refractivity contribution in [1.82, 2.24) is 10.3 Å². The van der Waals surface area contributed by atoms with Gasteiger partial charge in [-0.3, -0.25) is 10.1 Å². The minimum absolute atomic E-state index is 0.257. The summed E-state index contributed by atoms with van der Waals surface area (Å²) in [5, 5.41) is 12.2. The van der Waals surface area contributed by atoms with E-state index in [-0.39, 0.29) is 12.4 Å². The molecule has 0 atom stereocenters. The average molecular weight is 290 g/mol. The summed E-state index contributed by atoms with van der Waals surface area (Å²) < 4.78 is 18.4. The Bertz CT molecular complexity index is 647. The van der Waals surface area contributed by atoms with Gasteiger partial charge in [-0.05, 0) is 43.5 Å². The Kier molecular flexibility index (Phi) is 3.47. The van der Waals surface area contributed by atoms with Gasteiger partial charge in [0.15, 0.2) is 5.76 Å². The number of rotatable bonds is 5. The maximum absolute atomic E-state index is 12.9. The Morgan fingerprint density at radius 2 is 2.10 bits per heavy atom. The van der Waals surface area contributed by atoms with E-state index in [1.165, 1.54) is 12.1 Å². The van der Waals surface area contributed by atoms with E-state index in [0.29, 0.717) is 24.5 Å². The first-order valence-electron chi connectivity index (χ1n) is 6.78. The van der Waals surface area contributed by atoms with Crippen molar-refractivity contribution in [1.29, 1.82) is 0 Å². The predicted octanol–water partition coefficient (Wildman–Crippen LogP) is 2.58. The number of oxazole rings is 1. The molecule has 1 fully saturated rings. The second-order valence-electron chi connectivity index (χ2n) is 5.22. The number of aliphatic carboxylic acids is 1. The number of hydrogen-bond acceptors (Lipinski definition) is 4. The molecule has 0 radical (unpaired) electrons. The van der Waals surface area contributed by atoms with Crippen LogP contribution in [0.5, 0.6) is 0 Å². The van der Waals surface area contributed by atoms with Gasteiger partial charge in [-0.1, -0.05) is 0 Å². The summed E-state index contributed by atoms with van der Waals surface area (Å²) >= 11 is 0. The van der Waals surface area contributed by atoms with Crippen molar-refractivity contribution in [2.24, 2.45) is 0 Å². The predicted molar refractivity (Wildman–Crippen MR) is 73.0 cm³/mol. The van der Waals surface area contributed by atoms with Gasteiger partial charge in [-0.2, -0.15) is 0 Å². The van der Waals surface area contributed by atoms with Gasteiger partial charge in [0.05, 0.1) is 12.7 Å². The SMILES string of the molecule is O=C(O)C1(NCc2ncc(-c3ccc(F)cc3)o2)CCC1. The van der Waals surface area contributed by atoms with Crippen LogP contribution < -0.4 is 5.32 Å². The van der Waals surface area contributed by atoms with Crippen LogP contribution in [0, 0.1) is 5.82 Å². The van der Waals surface area contributed by atoms with Crippen LogP contribution in [0.3, 0.4) is 0 Å². The number of carbonyl (C=O) groups is 1.